The molecule has 0 radical (unpaired) electrons. The number of hydrogen-bond donors (Lipinski definition) is 1. The minimum Gasteiger partial charge on any atom is -0.368 e. The first-order valence-electron chi connectivity index (χ1n) is 6.83. The number of amides is 1. The summed E-state index contributed by atoms with van der Waals surface area (Å²) < 4.78 is 0. The summed E-state index contributed by atoms with van der Waals surface area (Å²) in [4.78, 5) is 14.3. The number of benzene rings is 1. The molecule has 112 valence electrons. The van der Waals surface area contributed by atoms with Gasteiger partial charge in [0.1, 0.15) is 5.54 Å². The van der Waals surface area contributed by atoms with E-state index in [1.807, 2.05) is 6.07 Å². The monoisotopic (exact) mass is 316 g/mol. The van der Waals surface area contributed by atoms with Crippen LogP contribution in [0.3, 0.4) is 0 Å². The standard InChI is InChI=1S/C15H20N2O.2ClH/c16-14(18)15-9-4-7-13(8-10-15)17(15)11-12-5-2-1-3-6-12;;/h1-3,5-6,13H,4,7-11H2,(H2,16,18);2*1H. The molecule has 1 amide bonds. The van der Waals surface area contributed by atoms with Crippen molar-refractivity contribution >= 4 is 30.7 Å². The fourth-order valence-corrected chi connectivity index (χ4v) is 3.70. The van der Waals surface area contributed by atoms with Crippen molar-refractivity contribution in [3.8, 4) is 0 Å². The Morgan fingerprint density at radius 1 is 1.20 bits per heavy atom. The summed E-state index contributed by atoms with van der Waals surface area (Å²) in [6.07, 6.45) is 5.35. The van der Waals surface area contributed by atoms with Gasteiger partial charge in [0, 0.05) is 12.6 Å². The van der Waals surface area contributed by atoms with Gasteiger partial charge >= 0.3 is 0 Å². The second-order valence-corrected chi connectivity index (χ2v) is 5.59. The zero-order chi connectivity index (χ0) is 12.6. The smallest absolute Gasteiger partial charge is 0.237 e. The Hall–Kier alpha value is -0.770. The van der Waals surface area contributed by atoms with Gasteiger partial charge in [-0.2, -0.15) is 0 Å². The predicted octanol–water partition coefficient (Wildman–Crippen LogP) is 2.90. The van der Waals surface area contributed by atoms with Crippen LogP contribution in [-0.2, 0) is 11.3 Å². The molecule has 2 fully saturated rings. The quantitative estimate of drug-likeness (QED) is 0.932. The van der Waals surface area contributed by atoms with Crippen molar-refractivity contribution in [3.05, 3.63) is 35.9 Å². The Labute approximate surface area is 132 Å². The first-order chi connectivity index (χ1) is 8.72. The molecule has 2 N–H and O–H groups in total. The molecule has 2 unspecified atom stereocenters. The molecular formula is C15H22Cl2N2O. The van der Waals surface area contributed by atoms with Crippen LogP contribution in [0.25, 0.3) is 0 Å². The Morgan fingerprint density at radius 3 is 2.55 bits per heavy atom. The van der Waals surface area contributed by atoms with Crippen molar-refractivity contribution in [1.29, 1.82) is 0 Å². The summed E-state index contributed by atoms with van der Waals surface area (Å²) >= 11 is 0. The van der Waals surface area contributed by atoms with Crippen molar-refractivity contribution in [1.82, 2.24) is 4.90 Å². The van der Waals surface area contributed by atoms with Gasteiger partial charge in [-0.05, 0) is 37.7 Å². The Balaban J connectivity index is 0.000001000. The first-order valence-corrected chi connectivity index (χ1v) is 6.83. The van der Waals surface area contributed by atoms with Gasteiger partial charge in [0.15, 0.2) is 0 Å². The molecule has 0 saturated carbocycles. The predicted molar refractivity (Wildman–Crippen MR) is 85.3 cm³/mol. The number of hydrogen-bond acceptors (Lipinski definition) is 2. The molecule has 2 atom stereocenters. The Morgan fingerprint density at radius 2 is 1.90 bits per heavy atom. The molecule has 0 aliphatic carbocycles. The number of piperidine rings is 1. The van der Waals surface area contributed by atoms with E-state index >= 15 is 0 Å². The number of nitrogens with zero attached hydrogens (tertiary/aromatic N) is 1. The third-order valence-corrected chi connectivity index (χ3v) is 4.66. The molecule has 5 heteroatoms. The van der Waals surface area contributed by atoms with Crippen LogP contribution < -0.4 is 5.73 Å². The summed E-state index contributed by atoms with van der Waals surface area (Å²) in [7, 11) is 0. The summed E-state index contributed by atoms with van der Waals surface area (Å²) in [6.45, 7) is 0.856. The van der Waals surface area contributed by atoms with Gasteiger partial charge in [0.2, 0.25) is 5.91 Å². The molecule has 2 aliphatic heterocycles. The van der Waals surface area contributed by atoms with Crippen LogP contribution in [0, 0.1) is 0 Å². The highest BCUT2D eigenvalue weighted by atomic mass is 35.5. The fourth-order valence-electron chi connectivity index (χ4n) is 3.70. The minimum atomic E-state index is -0.362. The topological polar surface area (TPSA) is 46.3 Å². The summed E-state index contributed by atoms with van der Waals surface area (Å²) in [5.41, 5.74) is 6.62. The number of primary amides is 1. The van der Waals surface area contributed by atoms with Crippen LogP contribution in [0.15, 0.2) is 30.3 Å². The molecule has 0 spiro atoms. The highest BCUT2D eigenvalue weighted by molar-refractivity contribution is 5.86. The van der Waals surface area contributed by atoms with E-state index in [9.17, 15) is 4.79 Å². The largest absolute Gasteiger partial charge is 0.368 e. The highest BCUT2D eigenvalue weighted by Crippen LogP contribution is 2.44. The van der Waals surface area contributed by atoms with E-state index in [0.29, 0.717) is 6.04 Å². The lowest BCUT2D eigenvalue weighted by Gasteiger charge is -2.42. The maximum Gasteiger partial charge on any atom is 0.237 e. The van der Waals surface area contributed by atoms with E-state index in [1.165, 1.54) is 12.0 Å². The van der Waals surface area contributed by atoms with Crippen molar-refractivity contribution in [2.75, 3.05) is 0 Å². The molecule has 1 aromatic rings. The van der Waals surface area contributed by atoms with E-state index in [2.05, 4.69) is 29.2 Å². The number of nitrogens with two attached hydrogens (primary N) is 1. The van der Waals surface area contributed by atoms with Crippen LogP contribution in [0.4, 0.5) is 0 Å². The Kier molecular flexibility index (Phi) is 5.87. The highest BCUT2D eigenvalue weighted by Gasteiger charge is 2.52. The van der Waals surface area contributed by atoms with E-state index in [4.69, 9.17) is 5.73 Å². The fraction of sp³-hybridized carbons (Fsp3) is 0.533. The Bertz CT molecular complexity index is 450. The van der Waals surface area contributed by atoms with Gasteiger partial charge in [-0.1, -0.05) is 30.3 Å². The number of rotatable bonds is 3. The third-order valence-electron chi connectivity index (χ3n) is 4.66. The first kappa shape index (κ1) is 17.3. The van der Waals surface area contributed by atoms with Crippen molar-refractivity contribution < 1.29 is 4.79 Å². The van der Waals surface area contributed by atoms with E-state index in [0.717, 1.165) is 32.2 Å². The van der Waals surface area contributed by atoms with E-state index < -0.39 is 0 Å². The van der Waals surface area contributed by atoms with Crippen molar-refractivity contribution in [3.63, 3.8) is 0 Å². The molecule has 1 aromatic carbocycles. The summed E-state index contributed by atoms with van der Waals surface area (Å²) in [5, 5.41) is 0. The molecule has 0 aromatic heterocycles. The second kappa shape index (κ2) is 6.79. The number of carbonyl (C=O) groups excluding carboxylic acids is 1. The SMILES string of the molecule is Cl.Cl.NC(=O)C12CCCC(CC1)N2Cc1ccccc1. The van der Waals surface area contributed by atoms with Gasteiger partial charge in [-0.3, -0.25) is 9.69 Å². The third kappa shape index (κ3) is 2.80. The lowest BCUT2D eigenvalue weighted by molar-refractivity contribution is -0.132. The molecule has 2 saturated heterocycles. The van der Waals surface area contributed by atoms with Crippen LogP contribution in [0.2, 0.25) is 0 Å². The molecule has 3 rings (SSSR count). The maximum absolute atomic E-state index is 11.9. The van der Waals surface area contributed by atoms with Gasteiger partial charge < -0.3 is 5.73 Å². The summed E-state index contributed by atoms with van der Waals surface area (Å²) in [6, 6.07) is 10.9. The van der Waals surface area contributed by atoms with E-state index in [-0.39, 0.29) is 36.3 Å². The van der Waals surface area contributed by atoms with Gasteiger partial charge in [0.05, 0.1) is 0 Å². The second-order valence-electron chi connectivity index (χ2n) is 5.59. The number of fused-ring (bicyclic) bond motifs is 2. The average molecular weight is 317 g/mol. The molecule has 20 heavy (non-hydrogen) atoms. The minimum absolute atomic E-state index is 0. The summed E-state index contributed by atoms with van der Waals surface area (Å²) in [5.74, 6) is -0.124. The molecular weight excluding hydrogens is 295 g/mol. The lowest BCUT2D eigenvalue weighted by atomic mass is 9.87. The van der Waals surface area contributed by atoms with E-state index in [1.54, 1.807) is 0 Å². The molecule has 2 bridgehead atoms. The van der Waals surface area contributed by atoms with Gasteiger partial charge in [-0.15, -0.1) is 24.8 Å². The van der Waals surface area contributed by atoms with Crippen LogP contribution in [-0.4, -0.2) is 22.4 Å². The maximum atomic E-state index is 11.9. The average Bonchev–Trinajstić information content (AvgIpc) is 2.60. The molecule has 2 heterocycles. The zero-order valence-corrected chi connectivity index (χ0v) is 13.1. The van der Waals surface area contributed by atoms with Gasteiger partial charge in [0.25, 0.3) is 0 Å². The number of halogens is 2. The normalized spacial score (nSPS) is 28.3. The zero-order valence-electron chi connectivity index (χ0n) is 11.5. The van der Waals surface area contributed by atoms with Crippen molar-refractivity contribution in [2.45, 2.75) is 50.2 Å². The lowest BCUT2D eigenvalue weighted by Crippen LogP contribution is -2.57. The van der Waals surface area contributed by atoms with Crippen LogP contribution in [0.5, 0.6) is 0 Å². The number of carbonyl (C=O) groups is 1. The van der Waals surface area contributed by atoms with Crippen LogP contribution in [0.1, 0.15) is 37.7 Å². The van der Waals surface area contributed by atoms with Gasteiger partial charge in [-0.25, -0.2) is 0 Å². The molecule has 3 nitrogen and oxygen atoms in total. The van der Waals surface area contributed by atoms with Crippen LogP contribution >= 0.6 is 24.8 Å². The van der Waals surface area contributed by atoms with Crippen molar-refractivity contribution in [2.24, 2.45) is 5.73 Å². The molecule has 2 aliphatic rings.